The molecule has 1 aromatic carbocycles. The number of rotatable bonds is 3. The predicted octanol–water partition coefficient (Wildman–Crippen LogP) is 2.84. The van der Waals surface area contributed by atoms with Crippen molar-refractivity contribution < 1.29 is 4.79 Å². The summed E-state index contributed by atoms with van der Waals surface area (Å²) in [4.78, 5) is 28.8. The number of piperidine rings is 1. The fourth-order valence-electron chi connectivity index (χ4n) is 4.25. The molecule has 6 nitrogen and oxygen atoms in total. The van der Waals surface area contributed by atoms with E-state index in [0.717, 1.165) is 32.1 Å². The lowest BCUT2D eigenvalue weighted by Crippen LogP contribution is -2.49. The third kappa shape index (κ3) is 4.02. The molecule has 2 saturated heterocycles. The van der Waals surface area contributed by atoms with E-state index >= 15 is 0 Å². The van der Waals surface area contributed by atoms with Crippen LogP contribution in [0.3, 0.4) is 0 Å². The minimum atomic E-state index is 0.0144. The van der Waals surface area contributed by atoms with E-state index in [1.165, 1.54) is 18.4 Å². The van der Waals surface area contributed by atoms with Crippen molar-refractivity contribution in [1.29, 1.82) is 0 Å². The van der Waals surface area contributed by atoms with Gasteiger partial charge in [-0.15, -0.1) is 0 Å². The Morgan fingerprint density at radius 3 is 2.50 bits per heavy atom. The van der Waals surface area contributed by atoms with Crippen LogP contribution in [0.5, 0.6) is 0 Å². The topological polar surface area (TPSA) is 52.6 Å². The average Bonchev–Trinajstić information content (AvgIpc) is 2.74. The smallest absolute Gasteiger partial charge is 0.257 e. The summed E-state index contributed by atoms with van der Waals surface area (Å²) in [5.41, 5.74) is 1.74. The SMILES string of the molecule is C[C@@H]1CCCN(c2ncc(C(=O)N3CCN(C)C[C@@H]3c3ccccc3)cn2)C1. The van der Waals surface area contributed by atoms with Gasteiger partial charge in [0.05, 0.1) is 11.6 Å². The Morgan fingerprint density at radius 1 is 1.04 bits per heavy atom. The van der Waals surface area contributed by atoms with E-state index in [9.17, 15) is 4.79 Å². The van der Waals surface area contributed by atoms with Gasteiger partial charge in [0.15, 0.2) is 0 Å². The maximum Gasteiger partial charge on any atom is 0.257 e. The van der Waals surface area contributed by atoms with Crippen LogP contribution in [0.25, 0.3) is 0 Å². The van der Waals surface area contributed by atoms with Crippen molar-refractivity contribution in [2.45, 2.75) is 25.8 Å². The van der Waals surface area contributed by atoms with Crippen LogP contribution in [0.4, 0.5) is 5.95 Å². The van der Waals surface area contributed by atoms with Crippen molar-refractivity contribution in [3.63, 3.8) is 0 Å². The zero-order valence-electron chi connectivity index (χ0n) is 16.8. The van der Waals surface area contributed by atoms with Crippen molar-refractivity contribution in [2.24, 2.45) is 5.92 Å². The lowest BCUT2D eigenvalue weighted by molar-refractivity contribution is 0.0497. The van der Waals surface area contributed by atoms with E-state index in [1.54, 1.807) is 12.4 Å². The van der Waals surface area contributed by atoms with Crippen LogP contribution >= 0.6 is 0 Å². The minimum Gasteiger partial charge on any atom is -0.341 e. The maximum absolute atomic E-state index is 13.2. The van der Waals surface area contributed by atoms with Crippen LogP contribution in [0, 0.1) is 5.92 Å². The Hall–Kier alpha value is -2.47. The zero-order valence-corrected chi connectivity index (χ0v) is 16.8. The molecule has 2 atom stereocenters. The highest BCUT2D eigenvalue weighted by atomic mass is 16.2. The molecule has 1 amide bonds. The molecular weight excluding hydrogens is 350 g/mol. The molecule has 148 valence electrons. The van der Waals surface area contributed by atoms with Gasteiger partial charge < -0.3 is 14.7 Å². The first-order valence-corrected chi connectivity index (χ1v) is 10.2. The molecular formula is C22H29N5O. The number of anilines is 1. The number of piperazine rings is 1. The van der Waals surface area contributed by atoms with E-state index < -0.39 is 0 Å². The second kappa shape index (κ2) is 8.27. The first kappa shape index (κ1) is 18.9. The molecule has 0 aliphatic carbocycles. The summed E-state index contributed by atoms with van der Waals surface area (Å²) in [6.45, 7) is 6.66. The van der Waals surface area contributed by atoms with Crippen molar-refractivity contribution in [3.05, 3.63) is 53.9 Å². The maximum atomic E-state index is 13.2. The normalized spacial score (nSPS) is 23.6. The number of hydrogen-bond donors (Lipinski definition) is 0. The lowest BCUT2D eigenvalue weighted by atomic mass is 10.0. The molecule has 1 aromatic heterocycles. The Bertz CT molecular complexity index is 794. The van der Waals surface area contributed by atoms with Crippen LogP contribution in [-0.4, -0.2) is 65.4 Å². The Labute approximate surface area is 167 Å². The van der Waals surface area contributed by atoms with Crippen molar-refractivity contribution >= 4 is 11.9 Å². The van der Waals surface area contributed by atoms with Gasteiger partial charge in [-0.1, -0.05) is 37.3 Å². The van der Waals surface area contributed by atoms with E-state index in [2.05, 4.69) is 45.9 Å². The highest BCUT2D eigenvalue weighted by Crippen LogP contribution is 2.27. The number of carbonyl (C=O) groups excluding carboxylic acids is 1. The Balaban J connectivity index is 1.52. The Morgan fingerprint density at radius 2 is 1.79 bits per heavy atom. The summed E-state index contributed by atoms with van der Waals surface area (Å²) in [6.07, 6.45) is 5.83. The van der Waals surface area contributed by atoms with E-state index in [-0.39, 0.29) is 11.9 Å². The summed E-state index contributed by atoms with van der Waals surface area (Å²) in [7, 11) is 2.11. The number of carbonyl (C=O) groups is 1. The van der Waals surface area contributed by atoms with E-state index in [0.29, 0.717) is 18.0 Å². The van der Waals surface area contributed by atoms with Gasteiger partial charge >= 0.3 is 0 Å². The third-order valence-corrected chi connectivity index (χ3v) is 5.85. The fourth-order valence-corrected chi connectivity index (χ4v) is 4.25. The second-order valence-electron chi connectivity index (χ2n) is 8.15. The van der Waals surface area contributed by atoms with Gasteiger partial charge in [-0.2, -0.15) is 0 Å². The summed E-state index contributed by atoms with van der Waals surface area (Å²) in [5.74, 6) is 1.41. The molecule has 6 heteroatoms. The van der Waals surface area contributed by atoms with Crippen LogP contribution in [-0.2, 0) is 0 Å². The number of likely N-dealkylation sites (N-methyl/N-ethyl adjacent to an activating group) is 1. The van der Waals surface area contributed by atoms with Gasteiger partial charge in [0.1, 0.15) is 0 Å². The monoisotopic (exact) mass is 379 g/mol. The van der Waals surface area contributed by atoms with Crippen LogP contribution in [0.15, 0.2) is 42.7 Å². The molecule has 0 saturated carbocycles. The molecule has 0 spiro atoms. The molecule has 2 fully saturated rings. The quantitative estimate of drug-likeness (QED) is 0.821. The van der Waals surface area contributed by atoms with Crippen molar-refractivity contribution in [3.8, 4) is 0 Å². The minimum absolute atomic E-state index is 0.0144. The number of nitrogens with zero attached hydrogens (tertiary/aromatic N) is 5. The second-order valence-corrected chi connectivity index (χ2v) is 8.15. The summed E-state index contributed by atoms with van der Waals surface area (Å²) < 4.78 is 0. The number of hydrogen-bond acceptors (Lipinski definition) is 5. The van der Waals surface area contributed by atoms with Crippen LogP contribution in [0.2, 0.25) is 0 Å². The molecule has 4 rings (SSSR count). The third-order valence-electron chi connectivity index (χ3n) is 5.85. The number of aromatic nitrogens is 2. The molecule has 0 bridgehead atoms. The standard InChI is InChI=1S/C22H29N5O/c1-17-7-6-10-26(15-17)22-23-13-19(14-24-22)21(28)27-12-11-25(2)16-20(27)18-8-4-3-5-9-18/h3-5,8-9,13-14,17,20H,6-7,10-12,15-16H2,1-2H3/t17-,20-/m1/s1. The molecule has 2 aromatic rings. The average molecular weight is 380 g/mol. The molecule has 0 N–H and O–H groups in total. The highest BCUT2D eigenvalue weighted by molar-refractivity contribution is 5.94. The zero-order chi connectivity index (χ0) is 19.5. The van der Waals surface area contributed by atoms with Gasteiger partial charge in [0, 0.05) is 45.1 Å². The van der Waals surface area contributed by atoms with Crippen molar-refractivity contribution in [1.82, 2.24) is 19.8 Å². The highest BCUT2D eigenvalue weighted by Gasteiger charge is 2.31. The Kier molecular flexibility index (Phi) is 5.57. The van der Waals surface area contributed by atoms with E-state index in [1.807, 2.05) is 23.1 Å². The summed E-state index contributed by atoms with van der Waals surface area (Å²) >= 11 is 0. The first-order valence-electron chi connectivity index (χ1n) is 10.2. The predicted molar refractivity (Wildman–Crippen MR) is 110 cm³/mol. The molecule has 0 unspecified atom stereocenters. The van der Waals surface area contributed by atoms with Gasteiger partial charge in [0.25, 0.3) is 5.91 Å². The number of benzene rings is 1. The first-order chi connectivity index (χ1) is 13.6. The van der Waals surface area contributed by atoms with Gasteiger partial charge in [-0.25, -0.2) is 9.97 Å². The molecule has 2 aliphatic heterocycles. The molecule has 3 heterocycles. The lowest BCUT2D eigenvalue weighted by Gasteiger charge is -2.40. The molecule has 0 radical (unpaired) electrons. The van der Waals surface area contributed by atoms with Gasteiger partial charge in [-0.05, 0) is 31.4 Å². The van der Waals surface area contributed by atoms with E-state index in [4.69, 9.17) is 0 Å². The van der Waals surface area contributed by atoms with Gasteiger partial charge in [0.2, 0.25) is 5.95 Å². The largest absolute Gasteiger partial charge is 0.341 e. The van der Waals surface area contributed by atoms with Gasteiger partial charge in [-0.3, -0.25) is 4.79 Å². The summed E-state index contributed by atoms with van der Waals surface area (Å²) in [5, 5.41) is 0. The fraction of sp³-hybridized carbons (Fsp3) is 0.500. The number of amides is 1. The van der Waals surface area contributed by atoms with Crippen LogP contribution in [0.1, 0.15) is 41.7 Å². The molecule has 2 aliphatic rings. The van der Waals surface area contributed by atoms with Crippen LogP contribution < -0.4 is 4.90 Å². The van der Waals surface area contributed by atoms with Crippen molar-refractivity contribution in [2.75, 3.05) is 44.7 Å². The summed E-state index contributed by atoms with van der Waals surface area (Å²) in [6, 6.07) is 10.3. The molecule has 28 heavy (non-hydrogen) atoms.